The minimum Gasteiger partial charge on any atom is -0.497 e. The Balaban J connectivity index is 1.22. The van der Waals surface area contributed by atoms with Crippen molar-refractivity contribution in [1.29, 1.82) is 0 Å². The van der Waals surface area contributed by atoms with Crippen LogP contribution in [0.25, 0.3) is 0 Å². The Labute approximate surface area is 293 Å². The van der Waals surface area contributed by atoms with Crippen molar-refractivity contribution < 1.29 is 33.1 Å². The smallest absolute Gasteiger partial charge is 0.264 e. The molecule has 1 spiro atoms. The van der Waals surface area contributed by atoms with Crippen LogP contribution in [0.1, 0.15) is 35.6 Å². The Kier molecular flexibility index (Phi) is 9.08. The van der Waals surface area contributed by atoms with Gasteiger partial charge in [-0.2, -0.15) is 0 Å². The molecular formula is C38H45FN4O6Si. The van der Waals surface area contributed by atoms with E-state index in [1.165, 1.54) is 0 Å². The number of aliphatic hydroxyl groups excluding tert-OH is 1. The molecule has 2 saturated heterocycles. The lowest BCUT2D eigenvalue weighted by Crippen LogP contribution is -2.48. The maximum Gasteiger partial charge on any atom is 0.264 e. The van der Waals surface area contributed by atoms with Crippen molar-refractivity contribution in [2.45, 2.75) is 69.2 Å². The Morgan fingerprint density at radius 2 is 1.88 bits per heavy atom. The van der Waals surface area contributed by atoms with Gasteiger partial charge >= 0.3 is 0 Å². The van der Waals surface area contributed by atoms with Gasteiger partial charge in [-0.05, 0) is 66.5 Å². The molecule has 0 radical (unpaired) electrons. The summed E-state index contributed by atoms with van der Waals surface area (Å²) in [6, 6.07) is 20.6. The van der Waals surface area contributed by atoms with Gasteiger partial charge in [0.25, 0.3) is 5.91 Å². The fraction of sp³-hybridized carbons (Fsp3) is 0.447. The minimum absolute atomic E-state index is 0.0149. The third-order valence-electron chi connectivity index (χ3n) is 11.1. The molecule has 4 heterocycles. The van der Waals surface area contributed by atoms with E-state index in [4.69, 9.17) is 9.47 Å². The molecule has 50 heavy (non-hydrogen) atoms. The fourth-order valence-electron chi connectivity index (χ4n) is 8.73. The number of methoxy groups -OCH3 is 1. The Morgan fingerprint density at radius 3 is 2.60 bits per heavy atom. The van der Waals surface area contributed by atoms with Gasteiger partial charge in [0.05, 0.1) is 51.1 Å². The summed E-state index contributed by atoms with van der Waals surface area (Å²) in [5.41, 5.74) is 2.75. The highest BCUT2D eigenvalue weighted by molar-refractivity contribution is 6.72. The molecule has 0 bridgehead atoms. The van der Waals surface area contributed by atoms with E-state index < -0.39 is 37.6 Å². The zero-order valence-corrected chi connectivity index (χ0v) is 30.0. The number of piperazine rings is 1. The first-order valence-corrected chi connectivity index (χ1v) is 20.4. The third kappa shape index (κ3) is 5.81. The molecular weight excluding hydrogens is 656 g/mol. The molecule has 3 aromatic carbocycles. The predicted octanol–water partition coefficient (Wildman–Crippen LogP) is 4.29. The summed E-state index contributed by atoms with van der Waals surface area (Å²) in [5.74, 6) is -0.605. The van der Waals surface area contributed by atoms with Crippen LogP contribution in [0.15, 0.2) is 66.7 Å². The molecule has 4 aliphatic rings. The highest BCUT2D eigenvalue weighted by Gasteiger charge is 2.67. The molecule has 5 atom stereocenters. The zero-order valence-electron chi connectivity index (χ0n) is 29.0. The molecule has 264 valence electrons. The van der Waals surface area contributed by atoms with Crippen molar-refractivity contribution in [1.82, 2.24) is 10.2 Å². The van der Waals surface area contributed by atoms with Crippen molar-refractivity contribution in [2.24, 2.45) is 5.92 Å². The molecule has 7 rings (SSSR count). The maximum absolute atomic E-state index is 16.5. The highest BCUT2D eigenvalue weighted by Crippen LogP contribution is 2.61. The van der Waals surface area contributed by atoms with Crippen molar-refractivity contribution in [3.8, 4) is 5.75 Å². The van der Waals surface area contributed by atoms with Gasteiger partial charge in [0.15, 0.2) is 5.60 Å². The predicted molar refractivity (Wildman–Crippen MR) is 190 cm³/mol. The number of rotatable bonds is 8. The number of carbonyl (C=O) groups is 3. The number of halogens is 1. The van der Waals surface area contributed by atoms with Crippen molar-refractivity contribution in [2.75, 3.05) is 43.2 Å². The number of amides is 3. The summed E-state index contributed by atoms with van der Waals surface area (Å²) in [4.78, 5) is 46.8. The van der Waals surface area contributed by atoms with Gasteiger partial charge in [0.2, 0.25) is 20.2 Å². The van der Waals surface area contributed by atoms with Gasteiger partial charge in [-0.15, -0.1) is 0 Å². The summed E-state index contributed by atoms with van der Waals surface area (Å²) < 4.78 is 29.0. The van der Waals surface area contributed by atoms with Gasteiger partial charge in [-0.25, -0.2) is 0 Å². The Morgan fingerprint density at radius 1 is 1.10 bits per heavy atom. The lowest BCUT2D eigenvalue weighted by Gasteiger charge is -2.37. The third-order valence-corrected chi connectivity index (χ3v) is 13.5. The first-order valence-electron chi connectivity index (χ1n) is 17.4. The van der Waals surface area contributed by atoms with Crippen LogP contribution in [0, 0.1) is 5.92 Å². The first kappa shape index (κ1) is 34.4. The second-order valence-electron chi connectivity index (χ2n) is 14.5. The van der Waals surface area contributed by atoms with E-state index in [0.717, 1.165) is 22.4 Å². The van der Waals surface area contributed by atoms with Gasteiger partial charge in [0, 0.05) is 42.3 Å². The largest absolute Gasteiger partial charge is 0.497 e. The van der Waals surface area contributed by atoms with Crippen LogP contribution < -0.4 is 19.9 Å². The number of carbonyl (C=O) groups excluding carboxylic acids is 3. The topological polar surface area (TPSA) is 112 Å². The molecule has 2 N–H and O–H groups in total. The summed E-state index contributed by atoms with van der Waals surface area (Å²) in [5, 5.41) is 13.4. The molecule has 0 unspecified atom stereocenters. The van der Waals surface area contributed by atoms with E-state index in [9.17, 15) is 19.5 Å². The first-order chi connectivity index (χ1) is 24.0. The van der Waals surface area contributed by atoms with Crippen LogP contribution in [-0.4, -0.2) is 81.6 Å². The van der Waals surface area contributed by atoms with E-state index >= 15 is 4.11 Å². The normalized spacial score (nSPS) is 26.4. The van der Waals surface area contributed by atoms with E-state index in [1.807, 2.05) is 61.5 Å². The quantitative estimate of drug-likeness (QED) is 0.267. The number of fused-ring (bicyclic) bond motifs is 3. The molecule has 4 aliphatic heterocycles. The molecule has 2 fully saturated rings. The second-order valence-corrected chi connectivity index (χ2v) is 18.3. The van der Waals surface area contributed by atoms with Crippen molar-refractivity contribution in [3.05, 3.63) is 89.0 Å². The van der Waals surface area contributed by atoms with E-state index in [1.54, 1.807) is 47.0 Å². The number of anilines is 2. The van der Waals surface area contributed by atoms with Crippen LogP contribution in [0.4, 0.5) is 15.5 Å². The van der Waals surface area contributed by atoms with Crippen molar-refractivity contribution in [3.63, 3.8) is 0 Å². The molecule has 12 heteroatoms. The highest BCUT2D eigenvalue weighted by atomic mass is 28.4. The van der Waals surface area contributed by atoms with Crippen LogP contribution in [0.2, 0.25) is 18.6 Å². The summed E-state index contributed by atoms with van der Waals surface area (Å²) in [7, 11) is -1.98. The number of hydrogen-bond donors (Lipinski definition) is 2. The maximum atomic E-state index is 16.5. The standard InChI is InChI=1S/C38H45FN4O6Si/c1-24-36(50(3,4)39)33(19-34(45)42-22-27-10-6-5-9-26(27)17-29(42)23-44)49-38(24)31-18-30(48-2)12-13-32(31)43(37(38)47)21-25-8-7-11-28(16-25)41-15-14-40-20-35(41)46/h5-13,16,18,24,29,33,36,40,44H,14-15,17,19-23H2,1-4H3/t24-,29+,33+,36-,38+/m1/s1. The second kappa shape index (κ2) is 13.2. The number of nitrogens with one attached hydrogen (secondary N) is 1. The molecule has 0 aromatic heterocycles. The summed E-state index contributed by atoms with van der Waals surface area (Å²) >= 11 is 0. The average Bonchev–Trinajstić information content (AvgIpc) is 3.53. The van der Waals surface area contributed by atoms with Gasteiger partial charge in [-0.3, -0.25) is 14.4 Å². The Bertz CT molecular complexity index is 1820. The monoisotopic (exact) mass is 700 g/mol. The molecule has 3 aromatic rings. The van der Waals surface area contributed by atoms with Crippen LogP contribution in [0.5, 0.6) is 5.75 Å². The molecule has 0 aliphatic carbocycles. The minimum atomic E-state index is -3.54. The van der Waals surface area contributed by atoms with Gasteiger partial charge in [-0.1, -0.05) is 43.3 Å². The Hall–Kier alpha value is -4.10. The van der Waals surface area contributed by atoms with E-state index in [2.05, 4.69) is 5.32 Å². The SMILES string of the molecule is COc1ccc2c(c1)[C@]1(O[C@@H](CC(=O)N3Cc4ccccc4C[C@H]3CO)[C@H]([Si](C)(C)F)[C@H]1C)C(=O)N2Cc1cccc(N2CCNCC2=O)c1. The van der Waals surface area contributed by atoms with Crippen LogP contribution in [0.3, 0.4) is 0 Å². The molecule has 3 amide bonds. The zero-order chi connectivity index (χ0) is 35.4. The number of aliphatic hydroxyl groups is 1. The number of nitrogens with zero attached hydrogens (tertiary/aromatic N) is 3. The van der Waals surface area contributed by atoms with Gasteiger partial charge in [0.1, 0.15) is 5.75 Å². The van der Waals surface area contributed by atoms with Gasteiger partial charge < -0.3 is 38.7 Å². The van der Waals surface area contributed by atoms with E-state index in [0.29, 0.717) is 43.1 Å². The van der Waals surface area contributed by atoms with Crippen LogP contribution in [-0.2, 0) is 44.2 Å². The molecule has 0 saturated carbocycles. The van der Waals surface area contributed by atoms with E-state index in [-0.39, 0.29) is 43.8 Å². The summed E-state index contributed by atoms with van der Waals surface area (Å²) in [6.45, 7) is 6.99. The molecule has 10 nitrogen and oxygen atoms in total. The summed E-state index contributed by atoms with van der Waals surface area (Å²) in [6.07, 6.45) is -0.434. The fourth-order valence-corrected chi connectivity index (χ4v) is 11.2. The average molecular weight is 701 g/mol. The van der Waals surface area contributed by atoms with Crippen molar-refractivity contribution >= 4 is 37.5 Å². The lowest BCUT2D eigenvalue weighted by molar-refractivity contribution is -0.151. The number of hydrogen-bond acceptors (Lipinski definition) is 7. The lowest BCUT2D eigenvalue weighted by atomic mass is 9.82. The number of benzene rings is 3. The van der Waals surface area contributed by atoms with Crippen LogP contribution >= 0.6 is 0 Å². The number of ether oxygens (including phenoxy) is 2.